The number of hydrogen-bond acceptors (Lipinski definition) is 6. The van der Waals surface area contributed by atoms with Gasteiger partial charge in [0, 0.05) is 13.2 Å². The first kappa shape index (κ1) is 27.3. The van der Waals surface area contributed by atoms with Gasteiger partial charge in [-0.15, -0.1) is 0 Å². The second-order valence-corrected chi connectivity index (χ2v) is 15.2. The number of ether oxygens (including phenoxy) is 1. The van der Waals surface area contributed by atoms with Gasteiger partial charge in [0.25, 0.3) is 5.91 Å². The number of allylic oxidation sites excluding steroid dienone is 1. The third kappa shape index (κ3) is 6.11. The van der Waals surface area contributed by atoms with Gasteiger partial charge in [-0.3, -0.25) is 19.4 Å². The Bertz CT molecular complexity index is 1150. The number of amides is 3. The van der Waals surface area contributed by atoms with E-state index in [4.69, 9.17) is 14.1 Å². The molecule has 10 heteroatoms. The van der Waals surface area contributed by atoms with Crippen molar-refractivity contribution >= 4 is 31.9 Å². The predicted molar refractivity (Wildman–Crippen MR) is 139 cm³/mol. The molecule has 1 saturated heterocycles. The van der Waals surface area contributed by atoms with Crippen molar-refractivity contribution in [3.05, 3.63) is 59.7 Å². The van der Waals surface area contributed by atoms with Crippen molar-refractivity contribution in [3.63, 3.8) is 0 Å². The van der Waals surface area contributed by atoms with Crippen LogP contribution in [-0.4, -0.2) is 58.7 Å². The van der Waals surface area contributed by atoms with Gasteiger partial charge in [-0.25, -0.2) is 9.78 Å². The minimum atomic E-state index is -1.95. The van der Waals surface area contributed by atoms with Crippen LogP contribution < -0.4 is 0 Å². The maximum absolute atomic E-state index is 13.1. The molecule has 0 unspecified atom stereocenters. The van der Waals surface area contributed by atoms with Crippen molar-refractivity contribution in [3.8, 4) is 0 Å². The van der Waals surface area contributed by atoms with Gasteiger partial charge in [-0.1, -0.05) is 57.2 Å². The summed E-state index contributed by atoms with van der Waals surface area (Å²) in [5, 5.41) is 0.0765. The van der Waals surface area contributed by atoms with E-state index in [-0.39, 0.29) is 18.2 Å². The number of carbonyl (C=O) groups excluding carboxylic acids is 3. The lowest BCUT2D eigenvalue weighted by Crippen LogP contribution is -2.40. The molecule has 0 atom stereocenters. The lowest BCUT2D eigenvalue weighted by atomic mass is 10.2. The van der Waals surface area contributed by atoms with Crippen LogP contribution in [0.4, 0.5) is 4.79 Å². The Hall–Kier alpha value is -3.24. The molecular weight excluding hydrogens is 476 g/mol. The molecule has 0 bridgehead atoms. The highest BCUT2D eigenvalue weighted by Gasteiger charge is 2.40. The largest absolute Gasteiger partial charge is 0.459 e. The summed E-state index contributed by atoms with van der Waals surface area (Å²) >= 11 is 0. The molecule has 1 aromatic carbocycles. The van der Waals surface area contributed by atoms with Gasteiger partial charge in [0.2, 0.25) is 0 Å². The van der Waals surface area contributed by atoms with Crippen LogP contribution in [0.25, 0.3) is 5.70 Å². The highest BCUT2D eigenvalue weighted by atomic mass is 28.4. The summed E-state index contributed by atoms with van der Waals surface area (Å²) < 4.78 is 13.4. The molecule has 0 saturated carbocycles. The molecule has 3 amide bonds. The van der Waals surface area contributed by atoms with Crippen molar-refractivity contribution < 1.29 is 23.5 Å². The highest BCUT2D eigenvalue weighted by molar-refractivity contribution is 6.74. The number of hydrogen-bond donors (Lipinski definition) is 0. The predicted octanol–water partition coefficient (Wildman–Crippen LogP) is 4.31. The van der Waals surface area contributed by atoms with Gasteiger partial charge in [-0.2, -0.15) is 0 Å². The quantitative estimate of drug-likeness (QED) is 0.282. The van der Waals surface area contributed by atoms with E-state index < -0.39 is 32.8 Å². The molecule has 1 aromatic heterocycles. The Morgan fingerprint density at radius 3 is 2.42 bits per heavy atom. The van der Waals surface area contributed by atoms with Crippen LogP contribution >= 0.6 is 0 Å². The summed E-state index contributed by atoms with van der Waals surface area (Å²) in [6, 6.07) is 8.64. The molecule has 9 nitrogen and oxygen atoms in total. The second-order valence-electron chi connectivity index (χ2n) is 10.4. The van der Waals surface area contributed by atoms with E-state index >= 15 is 0 Å². The average Bonchev–Trinajstić information content (AvgIpc) is 3.31. The van der Waals surface area contributed by atoms with Crippen LogP contribution in [0.3, 0.4) is 0 Å². The summed E-state index contributed by atoms with van der Waals surface area (Å²) in [6.45, 7) is 12.5. The first-order chi connectivity index (χ1) is 16.8. The fourth-order valence-corrected chi connectivity index (χ4v) is 4.45. The zero-order chi connectivity index (χ0) is 26.7. The van der Waals surface area contributed by atoms with Crippen LogP contribution in [0.1, 0.15) is 44.8 Å². The van der Waals surface area contributed by atoms with Gasteiger partial charge in [0.15, 0.2) is 14.1 Å². The number of rotatable bonds is 9. The fourth-order valence-electron chi connectivity index (χ4n) is 3.51. The van der Waals surface area contributed by atoms with Crippen molar-refractivity contribution in [2.75, 3.05) is 13.1 Å². The molecule has 0 spiro atoms. The molecule has 1 aliphatic heterocycles. The number of imide groups is 1. The molecule has 1 aliphatic rings. The van der Waals surface area contributed by atoms with Gasteiger partial charge < -0.3 is 13.7 Å². The minimum absolute atomic E-state index is 0.0761. The number of urea groups is 1. The maximum atomic E-state index is 13.1. The van der Waals surface area contributed by atoms with E-state index in [2.05, 4.69) is 33.9 Å². The molecular formula is C26H36N4O5Si. The smallest absolute Gasteiger partial charge is 0.332 e. The lowest BCUT2D eigenvalue weighted by molar-refractivity contribution is -0.147. The van der Waals surface area contributed by atoms with E-state index in [0.29, 0.717) is 18.1 Å². The Morgan fingerprint density at radius 2 is 1.81 bits per heavy atom. The van der Waals surface area contributed by atoms with Crippen LogP contribution in [0.2, 0.25) is 18.1 Å². The Balaban J connectivity index is 1.67. The number of nitrogens with zero attached hydrogens (tertiary/aromatic N) is 4. The molecule has 3 rings (SSSR count). The Morgan fingerprint density at radius 1 is 1.14 bits per heavy atom. The minimum Gasteiger partial charge on any atom is -0.459 e. The number of aryl methyl sites for hydroxylation is 1. The molecule has 2 aromatic rings. The molecule has 0 radical (unpaired) electrons. The highest BCUT2D eigenvalue weighted by Crippen LogP contribution is 2.37. The topological polar surface area (TPSA) is 94.0 Å². The zero-order valence-electron chi connectivity index (χ0n) is 22.2. The van der Waals surface area contributed by atoms with Crippen LogP contribution in [0, 0.1) is 0 Å². The van der Waals surface area contributed by atoms with Gasteiger partial charge in [-0.05, 0) is 30.6 Å². The third-order valence-corrected chi connectivity index (χ3v) is 11.2. The van der Waals surface area contributed by atoms with E-state index in [0.717, 1.165) is 16.2 Å². The number of benzene rings is 1. The van der Waals surface area contributed by atoms with Crippen LogP contribution in [0.15, 0.2) is 42.6 Å². The normalized spacial score (nSPS) is 15.1. The van der Waals surface area contributed by atoms with Gasteiger partial charge >= 0.3 is 12.0 Å². The number of esters is 1. The van der Waals surface area contributed by atoms with Crippen molar-refractivity contribution in [1.82, 2.24) is 19.4 Å². The Labute approximate surface area is 213 Å². The van der Waals surface area contributed by atoms with Crippen molar-refractivity contribution in [2.45, 2.75) is 59.0 Å². The number of carbonyl (C=O) groups is 3. The standard InChI is InChI=1S/C26H36N4O5Si/c1-8-21(24-27-20(14-28(24)5)18-35-36(6,7)26(2,3)4)29-15-22(31)30(25(29)33)16-23(32)34-17-19-12-10-9-11-13-19/h8-14H,15-18H2,1-7H3/b21-8+. The van der Waals surface area contributed by atoms with E-state index in [1.807, 2.05) is 48.1 Å². The molecule has 2 heterocycles. The maximum Gasteiger partial charge on any atom is 0.332 e. The first-order valence-corrected chi connectivity index (χ1v) is 14.9. The SMILES string of the molecule is C/C=C(\c1nc(CO[Si](C)(C)C(C)(C)C)cn1C)N1CC(=O)N(CC(=O)OCc2ccccc2)C1=O. The molecule has 0 aliphatic carbocycles. The third-order valence-electron chi connectivity index (χ3n) is 6.69. The number of imidazole rings is 1. The molecule has 1 fully saturated rings. The van der Waals surface area contributed by atoms with Gasteiger partial charge in [0.1, 0.15) is 19.7 Å². The average molecular weight is 513 g/mol. The Kier molecular flexibility index (Phi) is 8.20. The molecule has 36 heavy (non-hydrogen) atoms. The number of aromatic nitrogens is 2. The summed E-state index contributed by atoms with van der Waals surface area (Å²) in [4.78, 5) is 45.0. The van der Waals surface area contributed by atoms with Crippen LogP contribution in [0.5, 0.6) is 0 Å². The summed E-state index contributed by atoms with van der Waals surface area (Å²) in [6.07, 6.45) is 3.61. The molecule has 0 N–H and O–H groups in total. The lowest BCUT2D eigenvalue weighted by Gasteiger charge is -2.35. The van der Waals surface area contributed by atoms with Gasteiger partial charge in [0.05, 0.1) is 18.0 Å². The summed E-state index contributed by atoms with van der Waals surface area (Å²) in [5.74, 6) is -0.570. The first-order valence-electron chi connectivity index (χ1n) is 12.0. The summed E-state index contributed by atoms with van der Waals surface area (Å²) in [5.41, 5.74) is 2.07. The fraction of sp³-hybridized carbons (Fsp3) is 0.462. The van der Waals surface area contributed by atoms with E-state index in [1.54, 1.807) is 13.0 Å². The van der Waals surface area contributed by atoms with E-state index in [9.17, 15) is 14.4 Å². The van der Waals surface area contributed by atoms with Crippen molar-refractivity contribution in [2.24, 2.45) is 7.05 Å². The van der Waals surface area contributed by atoms with Crippen molar-refractivity contribution in [1.29, 1.82) is 0 Å². The van der Waals surface area contributed by atoms with Crippen LogP contribution in [-0.2, 0) is 39.0 Å². The zero-order valence-corrected chi connectivity index (χ0v) is 23.2. The summed E-state index contributed by atoms with van der Waals surface area (Å²) in [7, 11) is -0.118. The second kappa shape index (κ2) is 10.8. The van der Waals surface area contributed by atoms with E-state index in [1.165, 1.54) is 4.90 Å². The molecule has 194 valence electrons. The monoisotopic (exact) mass is 512 g/mol.